The second-order valence-electron chi connectivity index (χ2n) is 7.70. The third-order valence-corrected chi connectivity index (χ3v) is 5.62. The first-order chi connectivity index (χ1) is 15.2. The number of carbonyl (C=O) groups is 2. The van der Waals surface area contributed by atoms with Crippen LogP contribution in [0.4, 0.5) is 11.4 Å². The molecule has 0 aliphatic heterocycles. The van der Waals surface area contributed by atoms with Crippen LogP contribution < -0.4 is 4.90 Å². The minimum absolute atomic E-state index is 0.132. The maximum absolute atomic E-state index is 12.6. The third kappa shape index (κ3) is 6.82. The predicted octanol–water partition coefficient (Wildman–Crippen LogP) is 4.36. The molecule has 0 saturated heterocycles. The van der Waals surface area contributed by atoms with Gasteiger partial charge in [0.05, 0.1) is 25.0 Å². The summed E-state index contributed by atoms with van der Waals surface area (Å²) in [4.78, 5) is 26.8. The van der Waals surface area contributed by atoms with Crippen LogP contribution in [0.1, 0.15) is 25.7 Å². The molecular weight excluding hydrogens is 394 g/mol. The molecule has 1 aliphatic rings. The van der Waals surface area contributed by atoms with Crippen LogP contribution in [-0.2, 0) is 23.8 Å². The van der Waals surface area contributed by atoms with Crippen molar-refractivity contribution in [3.63, 3.8) is 0 Å². The molecular formula is C25H31NO5. The minimum atomic E-state index is -0.190. The summed E-state index contributed by atoms with van der Waals surface area (Å²) in [5.41, 5.74) is 2.11. The van der Waals surface area contributed by atoms with Gasteiger partial charge in [0.2, 0.25) is 0 Å². The number of carbonyl (C=O) groups excluding carboxylic acids is 2. The maximum Gasteiger partial charge on any atom is 0.309 e. The van der Waals surface area contributed by atoms with Gasteiger partial charge < -0.3 is 19.1 Å². The highest BCUT2D eigenvalue weighted by Crippen LogP contribution is 2.30. The van der Waals surface area contributed by atoms with Gasteiger partial charge in [0.25, 0.3) is 0 Å². The summed E-state index contributed by atoms with van der Waals surface area (Å²) in [6.45, 7) is 1.55. The summed E-state index contributed by atoms with van der Waals surface area (Å²) < 4.78 is 15.7. The summed E-state index contributed by atoms with van der Waals surface area (Å²) in [6, 6.07) is 20.1. The van der Waals surface area contributed by atoms with E-state index in [0.717, 1.165) is 11.4 Å². The lowest BCUT2D eigenvalue weighted by atomic mass is 9.82. The minimum Gasteiger partial charge on any atom is -0.464 e. The molecule has 0 heterocycles. The number of benzene rings is 2. The fourth-order valence-electron chi connectivity index (χ4n) is 3.89. The van der Waals surface area contributed by atoms with Crippen molar-refractivity contribution in [3.8, 4) is 0 Å². The Morgan fingerprint density at radius 1 is 0.742 bits per heavy atom. The van der Waals surface area contributed by atoms with Crippen molar-refractivity contribution in [1.29, 1.82) is 0 Å². The molecule has 6 heteroatoms. The molecule has 2 aromatic carbocycles. The van der Waals surface area contributed by atoms with Gasteiger partial charge in [-0.3, -0.25) is 9.59 Å². The zero-order valence-electron chi connectivity index (χ0n) is 18.1. The molecule has 0 atom stereocenters. The first-order valence-electron chi connectivity index (χ1n) is 10.9. The summed E-state index contributed by atoms with van der Waals surface area (Å²) in [5, 5.41) is 0. The Morgan fingerprint density at radius 2 is 1.19 bits per heavy atom. The molecule has 0 amide bonds. The topological polar surface area (TPSA) is 65.1 Å². The average Bonchev–Trinajstić information content (AvgIpc) is 2.83. The molecule has 6 nitrogen and oxygen atoms in total. The van der Waals surface area contributed by atoms with E-state index in [4.69, 9.17) is 14.2 Å². The molecule has 0 spiro atoms. The number of methoxy groups -OCH3 is 1. The average molecular weight is 426 g/mol. The van der Waals surface area contributed by atoms with E-state index in [-0.39, 0.29) is 30.4 Å². The highest BCUT2D eigenvalue weighted by Gasteiger charge is 2.31. The Balaban J connectivity index is 1.46. The first kappa shape index (κ1) is 22.8. The Morgan fingerprint density at radius 3 is 1.65 bits per heavy atom. The van der Waals surface area contributed by atoms with Gasteiger partial charge >= 0.3 is 11.9 Å². The third-order valence-electron chi connectivity index (χ3n) is 5.62. The van der Waals surface area contributed by atoms with Crippen molar-refractivity contribution in [2.75, 3.05) is 38.4 Å². The van der Waals surface area contributed by atoms with Gasteiger partial charge in [0.15, 0.2) is 0 Å². The van der Waals surface area contributed by atoms with Gasteiger partial charge in [0.1, 0.15) is 13.2 Å². The summed E-state index contributed by atoms with van der Waals surface area (Å²) >= 11 is 0. The molecule has 31 heavy (non-hydrogen) atoms. The van der Waals surface area contributed by atoms with Crippen LogP contribution in [0.25, 0.3) is 0 Å². The van der Waals surface area contributed by atoms with Crippen LogP contribution in [0.5, 0.6) is 0 Å². The number of hydrogen-bond acceptors (Lipinski definition) is 6. The van der Waals surface area contributed by atoms with E-state index < -0.39 is 0 Å². The van der Waals surface area contributed by atoms with Gasteiger partial charge in [-0.15, -0.1) is 0 Å². The maximum atomic E-state index is 12.6. The molecule has 166 valence electrons. The van der Waals surface area contributed by atoms with Crippen LogP contribution in [0, 0.1) is 11.8 Å². The van der Waals surface area contributed by atoms with E-state index in [9.17, 15) is 9.59 Å². The molecule has 1 aliphatic carbocycles. The highest BCUT2D eigenvalue weighted by atomic mass is 16.6. The van der Waals surface area contributed by atoms with Crippen molar-refractivity contribution in [3.05, 3.63) is 60.7 Å². The van der Waals surface area contributed by atoms with Gasteiger partial charge in [-0.05, 0) is 49.9 Å². The van der Waals surface area contributed by atoms with Gasteiger partial charge in [-0.25, -0.2) is 0 Å². The number of rotatable bonds is 10. The first-order valence-corrected chi connectivity index (χ1v) is 10.9. The van der Waals surface area contributed by atoms with Crippen molar-refractivity contribution in [1.82, 2.24) is 0 Å². The Kier molecular flexibility index (Phi) is 8.91. The number of para-hydroxylation sites is 2. The zero-order chi connectivity index (χ0) is 21.9. The lowest BCUT2D eigenvalue weighted by molar-refractivity contribution is -0.155. The van der Waals surface area contributed by atoms with Gasteiger partial charge in [-0.2, -0.15) is 0 Å². The van der Waals surface area contributed by atoms with Crippen molar-refractivity contribution >= 4 is 23.3 Å². The van der Waals surface area contributed by atoms with Crippen molar-refractivity contribution in [2.24, 2.45) is 11.8 Å². The van der Waals surface area contributed by atoms with E-state index in [1.807, 2.05) is 60.7 Å². The lowest BCUT2D eigenvalue weighted by Crippen LogP contribution is -2.30. The summed E-state index contributed by atoms with van der Waals surface area (Å²) in [6.07, 6.45) is 2.63. The Hall–Kier alpha value is -2.86. The molecule has 3 rings (SSSR count). The SMILES string of the molecule is COCCOC(=O)C1CCC(C(=O)OCCN(c2ccccc2)c2ccccc2)CC1. The summed E-state index contributed by atoms with van der Waals surface area (Å²) in [5.74, 6) is -0.644. The Bertz CT molecular complexity index is 764. The quantitative estimate of drug-likeness (QED) is 0.416. The second kappa shape index (κ2) is 12.1. The molecule has 2 aromatic rings. The largest absolute Gasteiger partial charge is 0.464 e. The number of hydrogen-bond donors (Lipinski definition) is 0. The fraction of sp³-hybridized carbons (Fsp3) is 0.440. The predicted molar refractivity (Wildman–Crippen MR) is 119 cm³/mol. The zero-order valence-corrected chi connectivity index (χ0v) is 18.1. The monoisotopic (exact) mass is 425 g/mol. The molecule has 0 N–H and O–H groups in total. The van der Waals surface area contributed by atoms with Crippen LogP contribution in [0.15, 0.2) is 60.7 Å². The van der Waals surface area contributed by atoms with E-state index in [2.05, 4.69) is 4.90 Å². The molecule has 1 fully saturated rings. The second-order valence-corrected chi connectivity index (χ2v) is 7.70. The molecule has 0 aromatic heterocycles. The Labute approximate surface area is 184 Å². The number of anilines is 2. The summed E-state index contributed by atoms with van der Waals surface area (Å²) in [7, 11) is 1.57. The van der Waals surface area contributed by atoms with Crippen molar-refractivity contribution in [2.45, 2.75) is 25.7 Å². The van der Waals surface area contributed by atoms with Crippen LogP contribution in [0.2, 0.25) is 0 Å². The fourth-order valence-corrected chi connectivity index (χ4v) is 3.89. The van der Waals surface area contributed by atoms with Crippen LogP contribution in [-0.4, -0.2) is 45.4 Å². The molecule has 0 bridgehead atoms. The van der Waals surface area contributed by atoms with Crippen molar-refractivity contribution < 1.29 is 23.8 Å². The van der Waals surface area contributed by atoms with Gasteiger partial charge in [0, 0.05) is 18.5 Å². The van der Waals surface area contributed by atoms with E-state index in [1.165, 1.54) is 0 Å². The van der Waals surface area contributed by atoms with Crippen LogP contribution in [0.3, 0.4) is 0 Å². The van der Waals surface area contributed by atoms with E-state index in [0.29, 0.717) is 45.4 Å². The van der Waals surface area contributed by atoms with Crippen LogP contribution >= 0.6 is 0 Å². The number of ether oxygens (including phenoxy) is 3. The van der Waals surface area contributed by atoms with E-state index in [1.54, 1.807) is 7.11 Å². The molecule has 0 radical (unpaired) electrons. The number of esters is 2. The van der Waals surface area contributed by atoms with E-state index >= 15 is 0 Å². The number of nitrogens with zero attached hydrogens (tertiary/aromatic N) is 1. The molecule has 1 saturated carbocycles. The van der Waals surface area contributed by atoms with Gasteiger partial charge in [-0.1, -0.05) is 36.4 Å². The lowest BCUT2D eigenvalue weighted by Gasteiger charge is -2.27. The molecule has 0 unspecified atom stereocenters. The standard InChI is InChI=1S/C25H31NO5/c1-29-18-19-31-25(28)21-14-12-20(13-15-21)24(27)30-17-16-26(22-8-4-2-5-9-22)23-10-6-3-7-11-23/h2-11,20-21H,12-19H2,1H3. The normalized spacial score (nSPS) is 18.2. The smallest absolute Gasteiger partial charge is 0.309 e. The highest BCUT2D eigenvalue weighted by molar-refractivity contribution is 5.75.